The number of amides is 1. The summed E-state index contributed by atoms with van der Waals surface area (Å²) in [6.07, 6.45) is 4.71. The Bertz CT molecular complexity index is 221. The fourth-order valence-electron chi connectivity index (χ4n) is 1.56. The van der Waals surface area contributed by atoms with E-state index in [1.807, 2.05) is 13.8 Å². The first kappa shape index (κ1) is 11.2. The SMILES string of the molecule is C=C[C@@](C)(CC)NC(=O)C1CCCN1. The van der Waals surface area contributed by atoms with Gasteiger partial charge in [0, 0.05) is 0 Å². The maximum absolute atomic E-state index is 11.8. The summed E-state index contributed by atoms with van der Waals surface area (Å²) in [4.78, 5) is 11.8. The summed E-state index contributed by atoms with van der Waals surface area (Å²) in [5.74, 6) is 0.103. The van der Waals surface area contributed by atoms with E-state index in [2.05, 4.69) is 17.2 Å². The highest BCUT2D eigenvalue weighted by molar-refractivity contribution is 5.82. The Morgan fingerprint density at radius 1 is 1.79 bits per heavy atom. The molecule has 0 saturated carbocycles. The maximum Gasteiger partial charge on any atom is 0.237 e. The fourth-order valence-corrected chi connectivity index (χ4v) is 1.56. The number of carbonyl (C=O) groups excluding carboxylic acids is 1. The normalized spacial score (nSPS) is 25.4. The minimum atomic E-state index is -0.263. The van der Waals surface area contributed by atoms with Gasteiger partial charge in [-0.1, -0.05) is 13.0 Å². The summed E-state index contributed by atoms with van der Waals surface area (Å²) in [6, 6.07) is 0.000764. The maximum atomic E-state index is 11.8. The van der Waals surface area contributed by atoms with Gasteiger partial charge in [-0.15, -0.1) is 6.58 Å². The molecule has 2 atom stereocenters. The van der Waals surface area contributed by atoms with Crippen LogP contribution in [0.15, 0.2) is 12.7 Å². The minimum Gasteiger partial charge on any atom is -0.346 e. The lowest BCUT2D eigenvalue weighted by Gasteiger charge is -2.27. The van der Waals surface area contributed by atoms with Crippen LogP contribution in [0, 0.1) is 0 Å². The van der Waals surface area contributed by atoms with Gasteiger partial charge < -0.3 is 10.6 Å². The molecule has 3 nitrogen and oxygen atoms in total. The third-order valence-corrected chi connectivity index (χ3v) is 2.97. The van der Waals surface area contributed by atoms with E-state index >= 15 is 0 Å². The number of nitrogens with one attached hydrogen (secondary N) is 2. The first-order chi connectivity index (χ1) is 6.61. The molecule has 0 bridgehead atoms. The summed E-state index contributed by atoms with van der Waals surface area (Å²) >= 11 is 0. The van der Waals surface area contributed by atoms with Crippen molar-refractivity contribution in [1.82, 2.24) is 10.6 Å². The summed E-state index contributed by atoms with van der Waals surface area (Å²) in [5, 5.41) is 6.20. The lowest BCUT2D eigenvalue weighted by Crippen LogP contribution is -2.50. The van der Waals surface area contributed by atoms with Crippen LogP contribution in [0.25, 0.3) is 0 Å². The van der Waals surface area contributed by atoms with Crippen LogP contribution in [0.2, 0.25) is 0 Å². The predicted molar refractivity (Wildman–Crippen MR) is 58.1 cm³/mol. The van der Waals surface area contributed by atoms with Crippen LogP contribution < -0.4 is 10.6 Å². The molecule has 1 heterocycles. The van der Waals surface area contributed by atoms with Crippen LogP contribution in [0.4, 0.5) is 0 Å². The summed E-state index contributed by atoms with van der Waals surface area (Å²) in [6.45, 7) is 8.74. The molecule has 2 N–H and O–H groups in total. The zero-order valence-corrected chi connectivity index (χ0v) is 9.10. The Balaban J connectivity index is 2.49. The van der Waals surface area contributed by atoms with Gasteiger partial charge >= 0.3 is 0 Å². The molecular formula is C11H20N2O. The van der Waals surface area contributed by atoms with E-state index in [1.54, 1.807) is 6.08 Å². The molecule has 1 aliphatic heterocycles. The lowest BCUT2D eigenvalue weighted by molar-refractivity contribution is -0.124. The van der Waals surface area contributed by atoms with Crippen molar-refractivity contribution in [3.05, 3.63) is 12.7 Å². The van der Waals surface area contributed by atoms with Crippen molar-refractivity contribution in [2.75, 3.05) is 6.54 Å². The van der Waals surface area contributed by atoms with Gasteiger partial charge in [0.05, 0.1) is 11.6 Å². The van der Waals surface area contributed by atoms with Crippen LogP contribution in [-0.2, 0) is 4.79 Å². The molecule has 14 heavy (non-hydrogen) atoms. The molecule has 0 aromatic rings. The van der Waals surface area contributed by atoms with Crippen LogP contribution in [0.1, 0.15) is 33.1 Å². The van der Waals surface area contributed by atoms with Gasteiger partial charge in [0.1, 0.15) is 0 Å². The van der Waals surface area contributed by atoms with Crippen LogP contribution in [-0.4, -0.2) is 24.0 Å². The Morgan fingerprint density at radius 2 is 2.50 bits per heavy atom. The van der Waals surface area contributed by atoms with Crippen molar-refractivity contribution in [1.29, 1.82) is 0 Å². The van der Waals surface area contributed by atoms with Gasteiger partial charge in [-0.2, -0.15) is 0 Å². The van der Waals surface area contributed by atoms with Crippen molar-refractivity contribution in [3.8, 4) is 0 Å². The fraction of sp³-hybridized carbons (Fsp3) is 0.727. The number of carbonyl (C=O) groups is 1. The second-order valence-electron chi connectivity index (χ2n) is 4.11. The quantitative estimate of drug-likeness (QED) is 0.664. The van der Waals surface area contributed by atoms with E-state index in [1.165, 1.54) is 0 Å². The van der Waals surface area contributed by atoms with Gasteiger partial charge in [0.25, 0.3) is 0 Å². The topological polar surface area (TPSA) is 41.1 Å². The van der Waals surface area contributed by atoms with Gasteiger partial charge in [0.2, 0.25) is 5.91 Å². The average Bonchev–Trinajstić information content (AvgIpc) is 2.70. The zero-order valence-electron chi connectivity index (χ0n) is 9.10. The largest absolute Gasteiger partial charge is 0.346 e. The predicted octanol–water partition coefficient (Wildman–Crippen LogP) is 1.21. The summed E-state index contributed by atoms with van der Waals surface area (Å²) < 4.78 is 0. The highest BCUT2D eigenvalue weighted by Gasteiger charge is 2.27. The van der Waals surface area contributed by atoms with Gasteiger partial charge in [-0.05, 0) is 32.7 Å². The van der Waals surface area contributed by atoms with E-state index in [0.717, 1.165) is 25.8 Å². The molecule has 1 rings (SSSR count). The third-order valence-electron chi connectivity index (χ3n) is 2.97. The second kappa shape index (κ2) is 4.60. The molecule has 0 aliphatic carbocycles. The molecule has 0 spiro atoms. The molecule has 0 radical (unpaired) electrons. The van der Waals surface area contributed by atoms with Crippen molar-refractivity contribution >= 4 is 5.91 Å². The van der Waals surface area contributed by atoms with Crippen molar-refractivity contribution in [2.45, 2.75) is 44.7 Å². The van der Waals surface area contributed by atoms with E-state index in [4.69, 9.17) is 0 Å². The highest BCUT2D eigenvalue weighted by Crippen LogP contribution is 2.12. The molecule has 1 aliphatic rings. The first-order valence-corrected chi connectivity index (χ1v) is 5.30. The molecule has 1 fully saturated rings. The Labute approximate surface area is 86.0 Å². The van der Waals surface area contributed by atoms with Crippen LogP contribution in [0.5, 0.6) is 0 Å². The van der Waals surface area contributed by atoms with Crippen LogP contribution >= 0.6 is 0 Å². The summed E-state index contributed by atoms with van der Waals surface area (Å²) in [5.41, 5.74) is -0.263. The van der Waals surface area contributed by atoms with E-state index in [-0.39, 0.29) is 17.5 Å². The van der Waals surface area contributed by atoms with Gasteiger partial charge in [-0.3, -0.25) is 4.79 Å². The Hall–Kier alpha value is -0.830. The Kier molecular flexibility index (Phi) is 3.69. The highest BCUT2D eigenvalue weighted by atomic mass is 16.2. The molecule has 1 unspecified atom stereocenters. The molecule has 80 valence electrons. The molecule has 0 aromatic carbocycles. The molecule has 0 aromatic heterocycles. The first-order valence-electron chi connectivity index (χ1n) is 5.30. The Morgan fingerprint density at radius 3 is 2.93 bits per heavy atom. The smallest absolute Gasteiger partial charge is 0.237 e. The van der Waals surface area contributed by atoms with E-state index < -0.39 is 0 Å². The third kappa shape index (κ3) is 2.58. The molecular weight excluding hydrogens is 176 g/mol. The second-order valence-corrected chi connectivity index (χ2v) is 4.11. The number of hydrogen-bond acceptors (Lipinski definition) is 2. The van der Waals surface area contributed by atoms with Crippen molar-refractivity contribution < 1.29 is 4.79 Å². The van der Waals surface area contributed by atoms with Crippen LogP contribution in [0.3, 0.4) is 0 Å². The number of hydrogen-bond donors (Lipinski definition) is 2. The zero-order chi connectivity index (χ0) is 10.6. The minimum absolute atomic E-state index is 0.000764. The van der Waals surface area contributed by atoms with Crippen molar-refractivity contribution in [3.63, 3.8) is 0 Å². The average molecular weight is 196 g/mol. The molecule has 3 heteroatoms. The van der Waals surface area contributed by atoms with E-state index in [9.17, 15) is 4.79 Å². The monoisotopic (exact) mass is 196 g/mol. The standard InChI is InChI=1S/C11H20N2O/c1-4-11(3,5-2)13-10(14)9-7-6-8-12-9/h4,9,12H,1,5-8H2,2-3H3,(H,13,14)/t9?,11-/m0/s1. The summed E-state index contributed by atoms with van der Waals surface area (Å²) in [7, 11) is 0. The molecule has 1 amide bonds. The van der Waals surface area contributed by atoms with Crippen molar-refractivity contribution in [2.24, 2.45) is 0 Å². The lowest BCUT2D eigenvalue weighted by atomic mass is 9.98. The van der Waals surface area contributed by atoms with E-state index in [0.29, 0.717) is 0 Å². The number of rotatable bonds is 4. The van der Waals surface area contributed by atoms with Gasteiger partial charge in [-0.25, -0.2) is 0 Å². The molecule has 1 saturated heterocycles. The van der Waals surface area contributed by atoms with Gasteiger partial charge in [0.15, 0.2) is 0 Å².